The Morgan fingerprint density at radius 3 is 1.27 bits per heavy atom. The average Bonchev–Trinajstić information content (AvgIpc) is 3.89. The van der Waals surface area contributed by atoms with Crippen LogP contribution in [-0.2, 0) is 49.6 Å². The van der Waals surface area contributed by atoms with E-state index < -0.39 is 31.7 Å². The second kappa shape index (κ2) is 24.6. The van der Waals surface area contributed by atoms with Crippen molar-refractivity contribution in [3.05, 3.63) is 143 Å². The number of benzene rings is 4. The van der Waals surface area contributed by atoms with Gasteiger partial charge in [-0.05, 0) is 106 Å². The van der Waals surface area contributed by atoms with Crippen LogP contribution in [-0.4, -0.2) is 52.2 Å². The van der Waals surface area contributed by atoms with Crippen molar-refractivity contribution in [2.24, 2.45) is 20.5 Å². The van der Waals surface area contributed by atoms with Crippen molar-refractivity contribution in [1.29, 1.82) is 0 Å². The smallest absolute Gasteiger partial charge is 0.408 e. The summed E-state index contributed by atoms with van der Waals surface area (Å²) in [5.74, 6) is -0.846. The van der Waals surface area contributed by atoms with Crippen LogP contribution in [0.2, 0.25) is 0 Å². The Labute approximate surface area is 353 Å². The topological polar surface area (TPSA) is 205 Å². The third-order valence-electron chi connectivity index (χ3n) is 7.76. The zero-order valence-electron chi connectivity index (χ0n) is 32.5. The van der Waals surface area contributed by atoms with E-state index in [1.807, 2.05) is 71.7 Å². The zero-order chi connectivity index (χ0) is 42.4. The van der Waals surface area contributed by atoms with Crippen molar-refractivity contribution in [2.75, 3.05) is 36.9 Å². The first-order valence-electron chi connectivity index (χ1n) is 18.4. The highest BCUT2D eigenvalue weighted by Crippen LogP contribution is 2.22. The van der Waals surface area contributed by atoms with Gasteiger partial charge in [0.15, 0.2) is 0 Å². The highest BCUT2D eigenvalue weighted by atomic mass is 32.2. The third kappa shape index (κ3) is 18.9. The SMILES string of the molecule is CC[n+]1ccsc1N=Nc1ccc(NCCOCCNc2ccc(N=Nc3scc[n+]3CC)cc2)cc1.O=S(=O)([O-])Cc1ccccc1.O=S(=O)([O-])Cc1ccccc1. The van der Waals surface area contributed by atoms with Crippen molar-refractivity contribution >= 4 is 75.9 Å². The molecule has 0 atom stereocenters. The Morgan fingerprint density at radius 2 is 0.932 bits per heavy atom. The summed E-state index contributed by atoms with van der Waals surface area (Å²) in [4.78, 5) is 0. The van der Waals surface area contributed by atoms with Gasteiger partial charge in [-0.3, -0.25) is 0 Å². The highest BCUT2D eigenvalue weighted by molar-refractivity contribution is 7.85. The summed E-state index contributed by atoms with van der Waals surface area (Å²) in [5, 5.41) is 29.9. The molecular weight excluding hydrogens is 833 g/mol. The van der Waals surface area contributed by atoms with Crippen LogP contribution in [0.1, 0.15) is 25.0 Å². The van der Waals surface area contributed by atoms with E-state index >= 15 is 0 Å². The van der Waals surface area contributed by atoms with Crippen molar-refractivity contribution in [3.8, 4) is 0 Å². The lowest BCUT2D eigenvalue weighted by Gasteiger charge is -2.09. The number of hydrogen-bond donors (Lipinski definition) is 2. The summed E-state index contributed by atoms with van der Waals surface area (Å²) < 4.78 is 71.3. The monoisotopic (exact) mass is 878 g/mol. The molecule has 2 aromatic heterocycles. The normalized spacial score (nSPS) is 11.5. The Balaban J connectivity index is 0.000000282. The summed E-state index contributed by atoms with van der Waals surface area (Å²) in [6.45, 7) is 8.66. The van der Waals surface area contributed by atoms with Gasteiger partial charge < -0.3 is 24.5 Å². The van der Waals surface area contributed by atoms with Gasteiger partial charge in [0, 0.05) is 35.2 Å². The molecule has 0 unspecified atom stereocenters. The highest BCUT2D eigenvalue weighted by Gasteiger charge is 2.10. The van der Waals surface area contributed by atoms with E-state index in [1.165, 1.54) is 0 Å². The lowest BCUT2D eigenvalue weighted by atomic mass is 10.2. The maximum absolute atomic E-state index is 10.2. The van der Waals surface area contributed by atoms with Crippen molar-refractivity contribution < 1.29 is 39.8 Å². The first-order chi connectivity index (χ1) is 28.4. The van der Waals surface area contributed by atoms with Crippen LogP contribution >= 0.6 is 22.7 Å². The molecule has 15 nitrogen and oxygen atoms in total. The fourth-order valence-corrected chi connectivity index (χ4v) is 7.61. The van der Waals surface area contributed by atoms with E-state index in [9.17, 15) is 25.9 Å². The van der Waals surface area contributed by atoms with E-state index in [0.29, 0.717) is 24.3 Å². The summed E-state index contributed by atoms with van der Waals surface area (Å²) in [5.41, 5.74) is 4.77. The zero-order valence-corrected chi connectivity index (χ0v) is 35.8. The maximum atomic E-state index is 10.2. The summed E-state index contributed by atoms with van der Waals surface area (Å²) in [6, 6.07) is 32.6. The van der Waals surface area contributed by atoms with Gasteiger partial charge in [-0.15, -0.1) is 0 Å². The number of nitrogens with one attached hydrogen (secondary N) is 2. The number of aryl methyl sites for hydroxylation is 2. The van der Waals surface area contributed by atoms with Crippen LogP contribution in [0.4, 0.5) is 33.0 Å². The molecule has 0 aliphatic rings. The Bertz CT molecular complexity index is 2220. The lowest BCUT2D eigenvalue weighted by molar-refractivity contribution is -0.677. The molecule has 0 spiro atoms. The first-order valence-corrected chi connectivity index (χ1v) is 23.3. The van der Waals surface area contributed by atoms with Gasteiger partial charge in [-0.1, -0.05) is 60.7 Å². The molecule has 0 amide bonds. The van der Waals surface area contributed by atoms with Gasteiger partial charge in [-0.25, -0.2) is 26.0 Å². The standard InChI is InChI=1S/C26H30N8OS2.2C7H8O3S/c1-3-33-15-19-36-25(33)31-29-23-9-5-21(6-10-23)27-13-17-35-18-14-28-22-7-11-24(12-8-22)30-32-26-34(4-2)16-20-37-26;2*8-11(9,10)6-7-4-2-1-3-5-7/h5-12,15-16,19-20H,3-4,13-14,17-18H2,1-2H3;2*1-5H,6H2,(H,8,9,10). The van der Waals surface area contributed by atoms with Crippen molar-refractivity contribution in [3.63, 3.8) is 0 Å². The molecular formula is C40H46N8O7S4. The van der Waals surface area contributed by atoms with Crippen LogP contribution in [0.5, 0.6) is 0 Å². The minimum absolute atomic E-state index is 0.423. The Kier molecular flexibility index (Phi) is 19.3. The van der Waals surface area contributed by atoms with E-state index in [2.05, 4.69) is 54.1 Å². The quantitative estimate of drug-likeness (QED) is 0.0369. The number of rotatable bonds is 18. The molecule has 312 valence electrons. The van der Waals surface area contributed by atoms with Gasteiger partial charge in [0.2, 0.25) is 0 Å². The first kappa shape index (κ1) is 46.4. The van der Waals surface area contributed by atoms with Gasteiger partial charge >= 0.3 is 10.3 Å². The second-order valence-electron chi connectivity index (χ2n) is 12.3. The molecule has 0 aliphatic carbocycles. The molecule has 0 saturated heterocycles. The number of hydrogen-bond acceptors (Lipinski definition) is 15. The van der Waals surface area contributed by atoms with Gasteiger partial charge in [0.25, 0.3) is 0 Å². The van der Waals surface area contributed by atoms with Crippen LogP contribution in [0, 0.1) is 0 Å². The molecule has 6 rings (SSSR count). The van der Waals surface area contributed by atoms with Gasteiger partial charge in [0.1, 0.15) is 23.8 Å². The fraction of sp³-hybridized carbons (Fsp3) is 0.250. The van der Waals surface area contributed by atoms with E-state index in [4.69, 9.17) is 4.74 Å². The number of aromatic nitrogens is 2. The van der Waals surface area contributed by atoms with E-state index in [0.717, 1.165) is 59.2 Å². The lowest BCUT2D eigenvalue weighted by Crippen LogP contribution is -2.28. The molecule has 6 aromatic rings. The van der Waals surface area contributed by atoms with Crippen molar-refractivity contribution in [2.45, 2.75) is 38.4 Å². The fourth-order valence-electron chi connectivity index (χ4n) is 4.92. The van der Waals surface area contributed by atoms with E-state index in [-0.39, 0.29) is 0 Å². The molecule has 19 heteroatoms. The van der Waals surface area contributed by atoms with Gasteiger partial charge in [0.05, 0.1) is 68.3 Å². The largest absolute Gasteiger partial charge is 0.748 e. The second-order valence-corrected chi connectivity index (χ2v) is 16.8. The van der Waals surface area contributed by atoms with Crippen LogP contribution in [0.15, 0.2) is 153 Å². The Hall–Kier alpha value is -5.28. The van der Waals surface area contributed by atoms with Crippen LogP contribution < -0.4 is 19.8 Å². The van der Waals surface area contributed by atoms with Gasteiger partial charge in [-0.2, -0.15) is 0 Å². The Morgan fingerprint density at radius 1 is 0.559 bits per heavy atom. The predicted octanol–water partition coefficient (Wildman–Crippen LogP) is 8.26. The van der Waals surface area contributed by atoms with Crippen molar-refractivity contribution in [1.82, 2.24) is 0 Å². The molecule has 4 aromatic carbocycles. The maximum Gasteiger partial charge on any atom is 0.408 e. The molecule has 0 fully saturated rings. The molecule has 0 aliphatic heterocycles. The minimum atomic E-state index is -4.13. The number of nitrogens with zero attached hydrogens (tertiary/aromatic N) is 6. The molecule has 2 heterocycles. The molecule has 0 radical (unpaired) electrons. The molecule has 59 heavy (non-hydrogen) atoms. The number of thiazole rings is 2. The summed E-state index contributed by atoms with van der Waals surface area (Å²) in [7, 11) is -8.25. The van der Waals surface area contributed by atoms with E-state index in [1.54, 1.807) is 83.3 Å². The number of azo groups is 2. The molecule has 0 saturated carbocycles. The molecule has 2 N–H and O–H groups in total. The third-order valence-corrected chi connectivity index (χ3v) is 10.7. The summed E-state index contributed by atoms with van der Waals surface area (Å²) in [6.07, 6.45) is 4.04. The minimum Gasteiger partial charge on any atom is -0.748 e. The predicted molar refractivity (Wildman–Crippen MR) is 229 cm³/mol. The summed E-state index contributed by atoms with van der Waals surface area (Å²) >= 11 is 3.16. The van der Waals surface area contributed by atoms with Crippen LogP contribution in [0.3, 0.4) is 0 Å². The average molecular weight is 879 g/mol. The van der Waals surface area contributed by atoms with Crippen LogP contribution in [0.25, 0.3) is 0 Å². The number of ether oxygens (including phenoxy) is 1. The number of anilines is 2. The molecule has 0 bridgehead atoms.